The van der Waals surface area contributed by atoms with E-state index in [1.54, 1.807) is 6.92 Å². The number of hydrogen-bond donors (Lipinski definition) is 1. The zero-order valence-electron chi connectivity index (χ0n) is 13.0. The number of anilines is 1. The standard InChI is InChI=1S/C17H21N3O/c1-10-7-14(8-11(2)21)5-6-15(10)9-16-12(3)19-17(18)20-13(16)4/h5-7H,8-9H2,1-4H3,(H2,18,19,20). The van der Waals surface area contributed by atoms with E-state index in [1.165, 1.54) is 11.1 Å². The molecule has 0 unspecified atom stereocenters. The van der Waals surface area contributed by atoms with Crippen LogP contribution in [-0.4, -0.2) is 15.8 Å². The number of hydrogen-bond acceptors (Lipinski definition) is 4. The molecule has 4 nitrogen and oxygen atoms in total. The summed E-state index contributed by atoms with van der Waals surface area (Å²) in [6, 6.07) is 6.19. The van der Waals surface area contributed by atoms with E-state index in [0.717, 1.165) is 28.9 Å². The number of benzene rings is 1. The molecular weight excluding hydrogens is 262 g/mol. The van der Waals surface area contributed by atoms with Crippen LogP contribution in [0.25, 0.3) is 0 Å². The Kier molecular flexibility index (Phi) is 4.36. The number of carbonyl (C=O) groups is 1. The Morgan fingerprint density at radius 3 is 2.29 bits per heavy atom. The number of ketones is 1. The second-order valence-corrected chi connectivity index (χ2v) is 5.55. The Labute approximate surface area is 125 Å². The smallest absolute Gasteiger partial charge is 0.220 e. The molecule has 0 bridgehead atoms. The maximum absolute atomic E-state index is 11.2. The Hall–Kier alpha value is -2.23. The summed E-state index contributed by atoms with van der Waals surface area (Å²) in [4.78, 5) is 19.7. The van der Waals surface area contributed by atoms with Crippen LogP contribution in [0.3, 0.4) is 0 Å². The van der Waals surface area contributed by atoms with Crippen molar-refractivity contribution in [1.82, 2.24) is 9.97 Å². The first-order chi connectivity index (χ1) is 9.86. The van der Waals surface area contributed by atoms with Crippen molar-refractivity contribution in [2.24, 2.45) is 0 Å². The number of nitrogen functional groups attached to an aromatic ring is 1. The zero-order valence-corrected chi connectivity index (χ0v) is 13.0. The first-order valence-corrected chi connectivity index (χ1v) is 7.04. The number of aryl methyl sites for hydroxylation is 3. The van der Waals surface area contributed by atoms with E-state index in [1.807, 2.05) is 19.9 Å². The summed E-state index contributed by atoms with van der Waals surface area (Å²) in [7, 11) is 0. The van der Waals surface area contributed by atoms with Crippen LogP contribution in [0.15, 0.2) is 18.2 Å². The molecule has 0 atom stereocenters. The normalized spacial score (nSPS) is 10.7. The second-order valence-electron chi connectivity index (χ2n) is 5.55. The van der Waals surface area contributed by atoms with Crippen LogP contribution in [-0.2, 0) is 17.6 Å². The van der Waals surface area contributed by atoms with Crippen LogP contribution >= 0.6 is 0 Å². The predicted octanol–water partition coefficient (Wildman–Crippen LogP) is 2.71. The van der Waals surface area contributed by atoms with Gasteiger partial charge in [-0.2, -0.15) is 0 Å². The molecule has 0 aliphatic carbocycles. The number of nitrogens with two attached hydrogens (primary N) is 1. The van der Waals surface area contributed by atoms with Gasteiger partial charge in [-0.15, -0.1) is 0 Å². The number of rotatable bonds is 4. The van der Waals surface area contributed by atoms with Gasteiger partial charge in [0.25, 0.3) is 0 Å². The number of carbonyl (C=O) groups excluding carboxylic acids is 1. The molecule has 1 heterocycles. The van der Waals surface area contributed by atoms with E-state index in [9.17, 15) is 4.79 Å². The number of aromatic nitrogens is 2. The summed E-state index contributed by atoms with van der Waals surface area (Å²) in [5.41, 5.74) is 12.1. The van der Waals surface area contributed by atoms with E-state index in [-0.39, 0.29) is 5.78 Å². The highest BCUT2D eigenvalue weighted by Gasteiger charge is 2.10. The molecule has 21 heavy (non-hydrogen) atoms. The Morgan fingerprint density at radius 1 is 1.14 bits per heavy atom. The van der Waals surface area contributed by atoms with Gasteiger partial charge in [0.2, 0.25) is 5.95 Å². The third-order valence-corrected chi connectivity index (χ3v) is 3.67. The molecular formula is C17H21N3O. The van der Waals surface area contributed by atoms with Crippen molar-refractivity contribution in [2.75, 3.05) is 5.73 Å². The highest BCUT2D eigenvalue weighted by molar-refractivity contribution is 5.78. The van der Waals surface area contributed by atoms with E-state index in [4.69, 9.17) is 5.73 Å². The molecule has 0 fully saturated rings. The lowest BCUT2D eigenvalue weighted by Crippen LogP contribution is -2.06. The van der Waals surface area contributed by atoms with Gasteiger partial charge in [0, 0.05) is 24.2 Å². The maximum Gasteiger partial charge on any atom is 0.220 e. The molecule has 0 spiro atoms. The first kappa shape index (κ1) is 15.2. The van der Waals surface area contributed by atoms with Crippen molar-refractivity contribution in [3.8, 4) is 0 Å². The average Bonchev–Trinajstić information content (AvgIpc) is 2.35. The molecule has 0 aliphatic heterocycles. The average molecular weight is 283 g/mol. The van der Waals surface area contributed by atoms with Crippen LogP contribution in [0, 0.1) is 20.8 Å². The summed E-state index contributed by atoms with van der Waals surface area (Å²) >= 11 is 0. The van der Waals surface area contributed by atoms with Gasteiger partial charge in [-0.3, -0.25) is 4.79 Å². The minimum atomic E-state index is 0.181. The minimum absolute atomic E-state index is 0.181. The van der Waals surface area contributed by atoms with Crippen LogP contribution in [0.5, 0.6) is 0 Å². The summed E-state index contributed by atoms with van der Waals surface area (Å²) in [6.07, 6.45) is 1.27. The molecule has 2 N–H and O–H groups in total. The van der Waals surface area contributed by atoms with Crippen LogP contribution in [0.4, 0.5) is 5.95 Å². The van der Waals surface area contributed by atoms with Gasteiger partial charge in [-0.25, -0.2) is 9.97 Å². The molecule has 1 aromatic carbocycles. The van der Waals surface area contributed by atoms with Gasteiger partial charge in [-0.05, 0) is 49.9 Å². The van der Waals surface area contributed by atoms with Crippen molar-refractivity contribution in [1.29, 1.82) is 0 Å². The molecule has 2 aromatic rings. The zero-order chi connectivity index (χ0) is 15.6. The molecule has 0 radical (unpaired) electrons. The van der Waals surface area contributed by atoms with E-state index in [0.29, 0.717) is 12.4 Å². The molecule has 1 aromatic heterocycles. The van der Waals surface area contributed by atoms with Crippen molar-refractivity contribution >= 4 is 11.7 Å². The van der Waals surface area contributed by atoms with Gasteiger partial charge in [-0.1, -0.05) is 18.2 Å². The van der Waals surface area contributed by atoms with Crippen molar-refractivity contribution in [3.63, 3.8) is 0 Å². The highest BCUT2D eigenvalue weighted by atomic mass is 16.1. The SMILES string of the molecule is CC(=O)Cc1ccc(Cc2c(C)nc(N)nc2C)c(C)c1. The number of Topliss-reactive ketones (excluding diaryl/α,β-unsaturated/α-hetero) is 1. The van der Waals surface area contributed by atoms with E-state index in [2.05, 4.69) is 29.0 Å². The summed E-state index contributed by atoms with van der Waals surface area (Å²) in [5.74, 6) is 0.503. The first-order valence-electron chi connectivity index (χ1n) is 7.04. The molecule has 0 saturated carbocycles. The van der Waals surface area contributed by atoms with Crippen LogP contribution < -0.4 is 5.73 Å². The molecule has 0 saturated heterocycles. The fourth-order valence-corrected chi connectivity index (χ4v) is 2.57. The third kappa shape index (κ3) is 3.66. The van der Waals surface area contributed by atoms with Crippen molar-refractivity contribution in [3.05, 3.63) is 51.8 Å². The molecule has 2 rings (SSSR count). The monoisotopic (exact) mass is 283 g/mol. The topological polar surface area (TPSA) is 68.9 Å². The van der Waals surface area contributed by atoms with E-state index < -0.39 is 0 Å². The fourth-order valence-electron chi connectivity index (χ4n) is 2.57. The second kappa shape index (κ2) is 6.04. The molecule has 0 aliphatic rings. The van der Waals surface area contributed by atoms with Crippen molar-refractivity contribution < 1.29 is 4.79 Å². The summed E-state index contributed by atoms with van der Waals surface area (Å²) in [6.45, 7) is 7.60. The quantitative estimate of drug-likeness (QED) is 0.936. The van der Waals surface area contributed by atoms with Crippen LogP contribution in [0.2, 0.25) is 0 Å². The van der Waals surface area contributed by atoms with Gasteiger partial charge in [0.1, 0.15) is 5.78 Å². The fraction of sp³-hybridized carbons (Fsp3) is 0.353. The lowest BCUT2D eigenvalue weighted by Gasteiger charge is -2.12. The molecule has 4 heteroatoms. The summed E-state index contributed by atoms with van der Waals surface area (Å²) < 4.78 is 0. The molecule has 110 valence electrons. The Bertz CT molecular complexity index is 669. The lowest BCUT2D eigenvalue weighted by molar-refractivity contribution is -0.116. The van der Waals surface area contributed by atoms with Gasteiger partial charge >= 0.3 is 0 Å². The van der Waals surface area contributed by atoms with Gasteiger partial charge in [0.05, 0.1) is 0 Å². The predicted molar refractivity (Wildman–Crippen MR) is 84.3 cm³/mol. The lowest BCUT2D eigenvalue weighted by atomic mass is 9.96. The van der Waals surface area contributed by atoms with Gasteiger partial charge < -0.3 is 5.73 Å². The number of nitrogens with zero attached hydrogens (tertiary/aromatic N) is 2. The summed E-state index contributed by atoms with van der Waals surface area (Å²) in [5, 5.41) is 0. The minimum Gasteiger partial charge on any atom is -0.368 e. The maximum atomic E-state index is 11.2. The van der Waals surface area contributed by atoms with Crippen LogP contribution in [0.1, 0.15) is 40.6 Å². The Balaban J connectivity index is 2.30. The highest BCUT2D eigenvalue weighted by Crippen LogP contribution is 2.20. The Morgan fingerprint density at radius 2 is 1.76 bits per heavy atom. The van der Waals surface area contributed by atoms with E-state index >= 15 is 0 Å². The van der Waals surface area contributed by atoms with Crippen molar-refractivity contribution in [2.45, 2.75) is 40.5 Å². The molecule has 0 amide bonds. The largest absolute Gasteiger partial charge is 0.368 e. The third-order valence-electron chi connectivity index (χ3n) is 3.67. The van der Waals surface area contributed by atoms with Gasteiger partial charge in [0.15, 0.2) is 0 Å².